The molecule has 0 saturated carbocycles. The van der Waals surface area contributed by atoms with E-state index in [1.807, 2.05) is 18.2 Å². The molecule has 0 aliphatic rings. The van der Waals surface area contributed by atoms with Gasteiger partial charge in [0.1, 0.15) is 0 Å². The van der Waals surface area contributed by atoms with Crippen molar-refractivity contribution in [1.82, 2.24) is 0 Å². The summed E-state index contributed by atoms with van der Waals surface area (Å²) in [5.41, 5.74) is 3.52. The van der Waals surface area contributed by atoms with Gasteiger partial charge in [-0.3, -0.25) is 0 Å². The highest BCUT2D eigenvalue weighted by atomic mass is 79.9. The van der Waals surface area contributed by atoms with Gasteiger partial charge in [0.05, 0.1) is 5.38 Å². The summed E-state index contributed by atoms with van der Waals surface area (Å²) in [5.74, 6) is 0. The van der Waals surface area contributed by atoms with Crippen LogP contribution >= 0.6 is 27.5 Å². The molecule has 1 unspecified atom stereocenters. The first kappa shape index (κ1) is 13.7. The highest BCUT2D eigenvalue weighted by Crippen LogP contribution is 2.38. The van der Waals surface area contributed by atoms with Crippen molar-refractivity contribution < 1.29 is 0 Å². The van der Waals surface area contributed by atoms with Crippen LogP contribution in [-0.4, -0.2) is 0 Å². The first-order chi connectivity index (χ1) is 9.68. The van der Waals surface area contributed by atoms with Gasteiger partial charge in [0.25, 0.3) is 0 Å². The molecule has 0 radical (unpaired) electrons. The molecule has 0 N–H and O–H groups in total. The maximum Gasteiger partial charge on any atom is 0.0854 e. The van der Waals surface area contributed by atoms with Crippen LogP contribution < -0.4 is 0 Å². The van der Waals surface area contributed by atoms with Crippen LogP contribution in [0.5, 0.6) is 0 Å². The Morgan fingerprint density at radius 2 is 1.60 bits per heavy atom. The first-order valence-electron chi connectivity index (χ1n) is 6.55. The van der Waals surface area contributed by atoms with Crippen LogP contribution in [-0.2, 0) is 0 Å². The monoisotopic (exact) mass is 344 g/mol. The second kappa shape index (κ2) is 5.59. The van der Waals surface area contributed by atoms with Gasteiger partial charge in [-0.25, -0.2) is 0 Å². The molecule has 3 rings (SSSR count). The summed E-state index contributed by atoms with van der Waals surface area (Å²) in [6, 6.07) is 20.8. The third kappa shape index (κ3) is 2.36. The van der Waals surface area contributed by atoms with Gasteiger partial charge in [-0.05, 0) is 40.5 Å². The normalized spacial score (nSPS) is 12.6. The average molecular weight is 346 g/mol. The lowest BCUT2D eigenvalue weighted by Gasteiger charge is -2.17. The molecule has 3 aromatic rings. The molecule has 0 amide bonds. The zero-order chi connectivity index (χ0) is 14.1. The fourth-order valence-corrected chi connectivity index (χ4v) is 3.70. The van der Waals surface area contributed by atoms with Crippen LogP contribution in [0.2, 0.25) is 0 Å². The van der Waals surface area contributed by atoms with Crippen molar-refractivity contribution in [1.29, 1.82) is 0 Å². The van der Waals surface area contributed by atoms with Gasteiger partial charge in [-0.15, -0.1) is 11.6 Å². The molecule has 0 bridgehead atoms. The lowest BCUT2D eigenvalue weighted by Crippen LogP contribution is -1.98. The van der Waals surface area contributed by atoms with Crippen molar-refractivity contribution in [2.45, 2.75) is 12.3 Å². The van der Waals surface area contributed by atoms with Crippen LogP contribution in [0.1, 0.15) is 22.1 Å². The molecule has 0 nitrogen and oxygen atoms in total. The van der Waals surface area contributed by atoms with E-state index in [0.717, 1.165) is 10.0 Å². The topological polar surface area (TPSA) is 0 Å². The highest BCUT2D eigenvalue weighted by molar-refractivity contribution is 9.10. The van der Waals surface area contributed by atoms with Gasteiger partial charge in [0.2, 0.25) is 0 Å². The van der Waals surface area contributed by atoms with E-state index in [1.165, 1.54) is 21.9 Å². The van der Waals surface area contributed by atoms with Crippen LogP contribution in [0, 0.1) is 6.92 Å². The molecular weight excluding hydrogens is 332 g/mol. The van der Waals surface area contributed by atoms with Crippen molar-refractivity contribution in [2.24, 2.45) is 0 Å². The van der Waals surface area contributed by atoms with E-state index in [2.05, 4.69) is 65.3 Å². The Morgan fingerprint density at radius 3 is 2.40 bits per heavy atom. The number of halogens is 2. The second-order valence-corrected chi connectivity index (χ2v) is 6.19. The summed E-state index contributed by atoms with van der Waals surface area (Å²) in [6.07, 6.45) is 0. The minimum Gasteiger partial charge on any atom is -0.113 e. The van der Waals surface area contributed by atoms with Gasteiger partial charge < -0.3 is 0 Å². The summed E-state index contributed by atoms with van der Waals surface area (Å²) in [6.45, 7) is 2.12. The highest BCUT2D eigenvalue weighted by Gasteiger charge is 2.18. The summed E-state index contributed by atoms with van der Waals surface area (Å²) in [5, 5.41) is 2.30. The summed E-state index contributed by atoms with van der Waals surface area (Å²) < 4.78 is 1.05. The Morgan fingerprint density at radius 1 is 0.900 bits per heavy atom. The minimum absolute atomic E-state index is 0.156. The Hall–Kier alpha value is -1.31. The van der Waals surface area contributed by atoms with E-state index < -0.39 is 0 Å². The molecule has 0 aliphatic carbocycles. The Labute approximate surface area is 132 Å². The Balaban J connectivity index is 2.24. The maximum atomic E-state index is 6.79. The predicted octanol–water partition coefficient (Wildman–Crippen LogP) is 6.24. The zero-order valence-electron chi connectivity index (χ0n) is 11.1. The number of hydrogen-bond acceptors (Lipinski definition) is 0. The van der Waals surface area contributed by atoms with Crippen molar-refractivity contribution in [3.8, 4) is 0 Å². The molecule has 0 aliphatic heterocycles. The molecular formula is C18H14BrCl. The fraction of sp³-hybridized carbons (Fsp3) is 0.111. The lowest BCUT2D eigenvalue weighted by atomic mass is 9.94. The largest absolute Gasteiger partial charge is 0.113 e. The van der Waals surface area contributed by atoms with Gasteiger partial charge >= 0.3 is 0 Å². The maximum absolute atomic E-state index is 6.79. The molecule has 0 fully saturated rings. The predicted molar refractivity (Wildman–Crippen MR) is 90.5 cm³/mol. The lowest BCUT2D eigenvalue weighted by molar-refractivity contribution is 1.12. The van der Waals surface area contributed by atoms with Gasteiger partial charge in [0.15, 0.2) is 0 Å². The summed E-state index contributed by atoms with van der Waals surface area (Å²) in [4.78, 5) is 0. The third-order valence-corrected chi connectivity index (χ3v) is 4.80. The van der Waals surface area contributed by atoms with E-state index in [-0.39, 0.29) is 5.38 Å². The molecule has 2 heteroatoms. The van der Waals surface area contributed by atoms with Crippen molar-refractivity contribution in [3.05, 3.63) is 81.8 Å². The Bertz CT molecular complexity index is 764. The standard InChI is InChI=1S/C18H14BrCl/c1-12-10-11-13-6-2-3-7-14(13)17(12)18(20)15-8-4-5-9-16(15)19/h2-11,18H,1H3. The minimum atomic E-state index is -0.156. The van der Waals surface area contributed by atoms with Crippen LogP contribution in [0.3, 0.4) is 0 Å². The Kier molecular flexibility index (Phi) is 3.82. The SMILES string of the molecule is Cc1ccc2ccccc2c1C(Cl)c1ccccc1Br. The summed E-state index contributed by atoms with van der Waals surface area (Å²) in [7, 11) is 0. The van der Waals surface area contributed by atoms with E-state index in [1.54, 1.807) is 0 Å². The van der Waals surface area contributed by atoms with Crippen molar-refractivity contribution in [2.75, 3.05) is 0 Å². The van der Waals surface area contributed by atoms with E-state index in [0.29, 0.717) is 0 Å². The first-order valence-corrected chi connectivity index (χ1v) is 7.78. The second-order valence-electron chi connectivity index (χ2n) is 4.90. The molecule has 0 aromatic heterocycles. The number of hydrogen-bond donors (Lipinski definition) is 0. The molecule has 100 valence electrons. The van der Waals surface area contributed by atoms with Crippen LogP contribution in [0.15, 0.2) is 65.1 Å². The van der Waals surface area contributed by atoms with Gasteiger partial charge in [-0.1, -0.05) is 70.5 Å². The quantitative estimate of drug-likeness (QED) is 0.482. The number of rotatable bonds is 2. The number of alkyl halides is 1. The molecule has 20 heavy (non-hydrogen) atoms. The smallest absolute Gasteiger partial charge is 0.0854 e. The zero-order valence-corrected chi connectivity index (χ0v) is 13.4. The average Bonchev–Trinajstić information content (AvgIpc) is 2.47. The van der Waals surface area contributed by atoms with E-state index >= 15 is 0 Å². The van der Waals surface area contributed by atoms with E-state index in [4.69, 9.17) is 11.6 Å². The molecule has 0 saturated heterocycles. The summed E-state index contributed by atoms with van der Waals surface area (Å²) >= 11 is 10.4. The van der Waals surface area contributed by atoms with E-state index in [9.17, 15) is 0 Å². The molecule has 0 heterocycles. The third-order valence-electron chi connectivity index (χ3n) is 3.62. The number of benzene rings is 3. The number of fused-ring (bicyclic) bond motifs is 1. The van der Waals surface area contributed by atoms with Crippen LogP contribution in [0.25, 0.3) is 10.8 Å². The van der Waals surface area contributed by atoms with Gasteiger partial charge in [-0.2, -0.15) is 0 Å². The fourth-order valence-electron chi connectivity index (χ4n) is 2.58. The molecule has 0 spiro atoms. The van der Waals surface area contributed by atoms with Gasteiger partial charge in [0, 0.05) is 4.47 Å². The van der Waals surface area contributed by atoms with Crippen LogP contribution in [0.4, 0.5) is 0 Å². The van der Waals surface area contributed by atoms with Crippen molar-refractivity contribution in [3.63, 3.8) is 0 Å². The number of aryl methyl sites for hydroxylation is 1. The van der Waals surface area contributed by atoms with Crippen molar-refractivity contribution >= 4 is 38.3 Å². The molecule has 3 aromatic carbocycles. The molecule has 1 atom stereocenters.